The van der Waals surface area contributed by atoms with Crippen LogP contribution < -0.4 is 21.1 Å². The van der Waals surface area contributed by atoms with Crippen molar-refractivity contribution in [1.29, 1.82) is 5.41 Å². The highest BCUT2D eigenvalue weighted by Crippen LogP contribution is 2.37. The number of nitrogen functional groups attached to an aromatic ring is 1. The van der Waals surface area contributed by atoms with Crippen molar-refractivity contribution in [2.75, 3.05) is 25.6 Å². The third-order valence-corrected chi connectivity index (χ3v) is 4.53. The summed E-state index contributed by atoms with van der Waals surface area (Å²) in [7, 11) is 1.41. The molecule has 2 aromatic rings. The van der Waals surface area contributed by atoms with Gasteiger partial charge in [0.05, 0.1) is 18.2 Å². The standard InChI is InChI=1S/C22H25F3N4O4/c1-13(15-5-8-18(33-10-9-32-2)17(11-15)22(23,24)25)28-19(30)12-20(31)29-16-6-3-14(4-7-16)21(26)27/h3-8,11,13H,9-10,12H2,1-2H3,(H3,26,27)(H,28,30)(H,29,31)/t13-/m0/s1. The van der Waals surface area contributed by atoms with Crippen LogP contribution in [0.2, 0.25) is 0 Å². The second kappa shape index (κ2) is 11.3. The molecule has 2 aromatic carbocycles. The second-order valence-electron chi connectivity index (χ2n) is 7.10. The number of anilines is 1. The van der Waals surface area contributed by atoms with Gasteiger partial charge in [-0.1, -0.05) is 6.07 Å². The summed E-state index contributed by atoms with van der Waals surface area (Å²) in [5, 5.41) is 12.4. The highest BCUT2D eigenvalue weighted by Gasteiger charge is 2.35. The van der Waals surface area contributed by atoms with Crippen LogP contribution in [0.5, 0.6) is 5.75 Å². The Morgan fingerprint density at radius 3 is 2.33 bits per heavy atom. The molecule has 1 atom stereocenters. The molecule has 11 heteroatoms. The van der Waals surface area contributed by atoms with E-state index in [2.05, 4.69) is 10.6 Å². The molecule has 8 nitrogen and oxygen atoms in total. The summed E-state index contributed by atoms with van der Waals surface area (Å²) >= 11 is 0. The van der Waals surface area contributed by atoms with Crippen molar-refractivity contribution in [3.63, 3.8) is 0 Å². The van der Waals surface area contributed by atoms with Crippen LogP contribution in [0.4, 0.5) is 18.9 Å². The van der Waals surface area contributed by atoms with Crippen molar-refractivity contribution in [1.82, 2.24) is 5.32 Å². The molecule has 2 amide bonds. The van der Waals surface area contributed by atoms with Crippen molar-refractivity contribution in [3.8, 4) is 5.75 Å². The van der Waals surface area contributed by atoms with Crippen LogP contribution in [-0.4, -0.2) is 38.0 Å². The van der Waals surface area contributed by atoms with Gasteiger partial charge in [0.15, 0.2) is 0 Å². The number of carbonyl (C=O) groups excluding carboxylic acids is 2. The summed E-state index contributed by atoms with van der Waals surface area (Å²) in [6.45, 7) is 1.60. The normalized spacial score (nSPS) is 12.0. The van der Waals surface area contributed by atoms with Gasteiger partial charge in [0.2, 0.25) is 11.8 Å². The molecule has 178 valence electrons. The minimum absolute atomic E-state index is 0.0438. The van der Waals surface area contributed by atoms with Gasteiger partial charge in [0.25, 0.3) is 0 Å². The molecule has 0 fully saturated rings. The first-order valence-electron chi connectivity index (χ1n) is 9.87. The van der Waals surface area contributed by atoms with Gasteiger partial charge in [-0.15, -0.1) is 0 Å². The number of nitrogens with two attached hydrogens (primary N) is 1. The van der Waals surface area contributed by atoms with Crippen LogP contribution in [-0.2, 0) is 20.5 Å². The number of nitrogens with one attached hydrogen (secondary N) is 3. The zero-order valence-electron chi connectivity index (χ0n) is 18.1. The molecule has 0 spiro atoms. The van der Waals surface area contributed by atoms with E-state index < -0.39 is 36.0 Å². The Bertz CT molecular complexity index is 994. The van der Waals surface area contributed by atoms with E-state index in [1.807, 2.05) is 0 Å². The maximum atomic E-state index is 13.4. The van der Waals surface area contributed by atoms with Crippen LogP contribution in [0.25, 0.3) is 0 Å². The first-order chi connectivity index (χ1) is 15.5. The first-order valence-corrected chi connectivity index (χ1v) is 9.87. The largest absolute Gasteiger partial charge is 0.491 e. The van der Waals surface area contributed by atoms with Crippen molar-refractivity contribution in [3.05, 3.63) is 59.2 Å². The van der Waals surface area contributed by atoms with Gasteiger partial charge in [-0.3, -0.25) is 15.0 Å². The molecule has 0 aliphatic heterocycles. The van der Waals surface area contributed by atoms with Gasteiger partial charge in [-0.2, -0.15) is 13.2 Å². The first kappa shape index (κ1) is 25.7. The lowest BCUT2D eigenvalue weighted by molar-refractivity contribution is -0.139. The summed E-state index contributed by atoms with van der Waals surface area (Å²) in [6, 6.07) is 8.88. The topological polar surface area (TPSA) is 127 Å². The highest BCUT2D eigenvalue weighted by atomic mass is 19.4. The summed E-state index contributed by atoms with van der Waals surface area (Å²) in [5.41, 5.74) is 5.48. The monoisotopic (exact) mass is 466 g/mol. The van der Waals surface area contributed by atoms with Gasteiger partial charge >= 0.3 is 6.18 Å². The fourth-order valence-electron chi connectivity index (χ4n) is 2.86. The second-order valence-corrected chi connectivity index (χ2v) is 7.10. The quantitative estimate of drug-likeness (QED) is 0.185. The maximum Gasteiger partial charge on any atom is 0.419 e. The van der Waals surface area contributed by atoms with Crippen molar-refractivity contribution in [2.24, 2.45) is 5.73 Å². The fourth-order valence-corrected chi connectivity index (χ4v) is 2.86. The Hall–Kier alpha value is -3.60. The molecular formula is C22H25F3N4O4. The number of rotatable bonds is 10. The number of methoxy groups -OCH3 is 1. The highest BCUT2D eigenvalue weighted by molar-refractivity contribution is 6.04. The van der Waals surface area contributed by atoms with Crippen LogP contribution in [0.1, 0.15) is 36.1 Å². The number of halogens is 3. The molecule has 0 aliphatic rings. The van der Waals surface area contributed by atoms with Crippen LogP contribution in [0.15, 0.2) is 42.5 Å². The summed E-state index contributed by atoms with van der Waals surface area (Å²) in [6.07, 6.45) is -5.18. The van der Waals surface area contributed by atoms with Gasteiger partial charge in [0.1, 0.15) is 24.6 Å². The SMILES string of the molecule is COCCOc1ccc([C@H](C)NC(=O)CC(=O)Nc2ccc(C(=N)N)cc2)cc1C(F)(F)F. The lowest BCUT2D eigenvalue weighted by atomic mass is 10.0. The number of benzene rings is 2. The van der Waals surface area contributed by atoms with Crippen molar-refractivity contribution < 1.29 is 32.2 Å². The number of carbonyl (C=O) groups is 2. The number of hydrogen-bond acceptors (Lipinski definition) is 5. The van der Waals surface area contributed by atoms with E-state index in [0.29, 0.717) is 11.3 Å². The molecule has 5 N–H and O–H groups in total. The van der Waals surface area contributed by atoms with Crippen LogP contribution in [0.3, 0.4) is 0 Å². The zero-order chi connectivity index (χ0) is 24.6. The molecule has 0 radical (unpaired) electrons. The molecular weight excluding hydrogens is 441 g/mol. The molecule has 2 rings (SSSR count). The predicted molar refractivity (Wildman–Crippen MR) is 116 cm³/mol. The molecule has 0 saturated heterocycles. The van der Waals surface area contributed by atoms with Crippen LogP contribution >= 0.6 is 0 Å². The van der Waals surface area contributed by atoms with E-state index in [4.69, 9.17) is 20.6 Å². The molecule has 0 unspecified atom stereocenters. The van der Waals surface area contributed by atoms with E-state index in [0.717, 1.165) is 6.07 Å². The molecule has 0 aliphatic carbocycles. The minimum atomic E-state index is -4.65. The number of hydrogen-bond donors (Lipinski definition) is 4. The van der Waals surface area contributed by atoms with Gasteiger partial charge in [-0.05, 0) is 48.9 Å². The molecule has 33 heavy (non-hydrogen) atoms. The fraction of sp³-hybridized carbons (Fsp3) is 0.318. The Kier molecular flexibility index (Phi) is 8.80. The summed E-state index contributed by atoms with van der Waals surface area (Å²) < 4.78 is 50.2. The molecule has 0 saturated carbocycles. The summed E-state index contributed by atoms with van der Waals surface area (Å²) in [5.74, 6) is -1.72. The molecule has 0 bridgehead atoms. The van der Waals surface area contributed by atoms with E-state index in [1.165, 1.54) is 38.3 Å². The van der Waals surface area contributed by atoms with Crippen molar-refractivity contribution >= 4 is 23.3 Å². The van der Waals surface area contributed by atoms with Gasteiger partial charge in [0, 0.05) is 18.4 Å². The summed E-state index contributed by atoms with van der Waals surface area (Å²) in [4.78, 5) is 24.3. The zero-order valence-corrected chi connectivity index (χ0v) is 18.1. The average molecular weight is 466 g/mol. The van der Waals surface area contributed by atoms with E-state index in [-0.39, 0.29) is 30.4 Å². The third kappa shape index (κ3) is 7.79. The molecule has 0 heterocycles. The lowest BCUT2D eigenvalue weighted by Gasteiger charge is -2.19. The van der Waals surface area contributed by atoms with Crippen LogP contribution in [0, 0.1) is 5.41 Å². The number of amidine groups is 1. The third-order valence-electron chi connectivity index (χ3n) is 4.53. The number of alkyl halides is 3. The Morgan fingerprint density at radius 2 is 1.76 bits per heavy atom. The van der Waals surface area contributed by atoms with Crippen molar-refractivity contribution in [2.45, 2.75) is 25.6 Å². The maximum absolute atomic E-state index is 13.4. The number of amides is 2. The van der Waals surface area contributed by atoms with Gasteiger partial charge in [-0.25, -0.2) is 0 Å². The number of ether oxygens (including phenoxy) is 2. The van der Waals surface area contributed by atoms with E-state index in [1.54, 1.807) is 12.1 Å². The van der Waals surface area contributed by atoms with E-state index >= 15 is 0 Å². The average Bonchev–Trinajstić information content (AvgIpc) is 2.73. The lowest BCUT2D eigenvalue weighted by Crippen LogP contribution is -2.30. The van der Waals surface area contributed by atoms with Gasteiger partial charge < -0.3 is 25.8 Å². The smallest absolute Gasteiger partial charge is 0.419 e. The Balaban J connectivity index is 2.00. The Labute approximate surface area is 188 Å². The molecule has 0 aromatic heterocycles. The predicted octanol–water partition coefficient (Wildman–Crippen LogP) is 3.22. The minimum Gasteiger partial charge on any atom is -0.491 e. The Morgan fingerprint density at radius 1 is 1.09 bits per heavy atom. The van der Waals surface area contributed by atoms with E-state index in [9.17, 15) is 22.8 Å².